The largest absolute Gasteiger partial charge is 0.466 e. The minimum absolute atomic E-state index is 0.0710. The van der Waals surface area contributed by atoms with E-state index in [-0.39, 0.29) is 18.0 Å². The molecule has 1 unspecified atom stereocenters. The van der Waals surface area contributed by atoms with Crippen LogP contribution in [0.3, 0.4) is 0 Å². The van der Waals surface area contributed by atoms with E-state index in [1.54, 1.807) is 6.92 Å². The van der Waals surface area contributed by atoms with Gasteiger partial charge in [-0.3, -0.25) is 4.79 Å². The first-order chi connectivity index (χ1) is 7.94. The Morgan fingerprint density at radius 2 is 1.94 bits per heavy atom. The van der Waals surface area contributed by atoms with Crippen LogP contribution in [0.5, 0.6) is 0 Å². The summed E-state index contributed by atoms with van der Waals surface area (Å²) < 4.78 is 10.5. The predicted octanol–water partition coefficient (Wildman–Crippen LogP) is 1.75. The average Bonchev–Trinajstić information content (AvgIpc) is 2.15. The van der Waals surface area contributed by atoms with E-state index in [0.717, 1.165) is 0 Å². The summed E-state index contributed by atoms with van der Waals surface area (Å²) in [7, 11) is 0. The highest BCUT2D eigenvalue weighted by Gasteiger charge is 2.53. The lowest BCUT2D eigenvalue weighted by atomic mass is 9.65. The van der Waals surface area contributed by atoms with Crippen molar-refractivity contribution >= 4 is 5.97 Å². The average molecular weight is 244 g/mol. The van der Waals surface area contributed by atoms with Gasteiger partial charge in [0, 0.05) is 19.4 Å². The maximum Gasteiger partial charge on any atom is 0.312 e. The second-order valence-corrected chi connectivity index (χ2v) is 5.06. The fraction of sp³-hybridized carbons (Fsp3) is 0.923. The van der Waals surface area contributed by atoms with Crippen LogP contribution in [0.15, 0.2) is 0 Å². The Balaban J connectivity index is 2.63. The Morgan fingerprint density at radius 3 is 2.35 bits per heavy atom. The molecule has 1 N–H and O–H groups in total. The van der Waals surface area contributed by atoms with Gasteiger partial charge in [0.1, 0.15) is 0 Å². The first kappa shape index (κ1) is 14.5. The van der Waals surface area contributed by atoms with Crippen LogP contribution in [0.1, 0.15) is 40.5 Å². The van der Waals surface area contributed by atoms with Gasteiger partial charge < -0.3 is 14.6 Å². The molecule has 0 aromatic heterocycles. The van der Waals surface area contributed by atoms with Crippen molar-refractivity contribution in [1.29, 1.82) is 0 Å². The minimum atomic E-state index is -0.944. The number of rotatable bonds is 6. The highest BCUT2D eigenvalue weighted by Crippen LogP contribution is 2.43. The predicted molar refractivity (Wildman–Crippen MR) is 64.6 cm³/mol. The summed E-state index contributed by atoms with van der Waals surface area (Å²) in [5.41, 5.74) is -0.944. The number of ether oxygens (including phenoxy) is 2. The van der Waals surface area contributed by atoms with Gasteiger partial charge in [0.05, 0.1) is 24.2 Å². The van der Waals surface area contributed by atoms with Crippen LogP contribution in [0, 0.1) is 11.8 Å². The quantitative estimate of drug-likeness (QED) is 0.723. The first-order valence-electron chi connectivity index (χ1n) is 6.45. The van der Waals surface area contributed by atoms with Gasteiger partial charge in [-0.25, -0.2) is 0 Å². The lowest BCUT2D eigenvalue weighted by Gasteiger charge is -2.48. The summed E-state index contributed by atoms with van der Waals surface area (Å²) in [5.74, 6) is -0.666. The fourth-order valence-corrected chi connectivity index (χ4v) is 2.68. The topological polar surface area (TPSA) is 55.8 Å². The molecule has 1 aliphatic rings. The van der Waals surface area contributed by atoms with Crippen molar-refractivity contribution in [2.45, 2.75) is 52.2 Å². The Hall–Kier alpha value is -0.610. The Labute approximate surface area is 103 Å². The van der Waals surface area contributed by atoms with Crippen LogP contribution in [0.2, 0.25) is 0 Å². The summed E-state index contributed by atoms with van der Waals surface area (Å²) in [6.07, 6.45) is 1.14. The van der Waals surface area contributed by atoms with Crippen molar-refractivity contribution in [2.24, 2.45) is 11.8 Å². The molecular formula is C13H24O4. The third kappa shape index (κ3) is 3.19. The number of aliphatic hydroxyl groups is 1. The molecular weight excluding hydrogens is 220 g/mol. The van der Waals surface area contributed by atoms with Crippen molar-refractivity contribution in [3.8, 4) is 0 Å². The lowest BCUT2D eigenvalue weighted by Crippen LogP contribution is -2.57. The van der Waals surface area contributed by atoms with Crippen LogP contribution < -0.4 is 0 Å². The smallest absolute Gasteiger partial charge is 0.312 e. The Kier molecular flexibility index (Phi) is 4.95. The third-order valence-corrected chi connectivity index (χ3v) is 3.35. The van der Waals surface area contributed by atoms with E-state index >= 15 is 0 Å². The van der Waals surface area contributed by atoms with E-state index in [0.29, 0.717) is 26.1 Å². The second kappa shape index (κ2) is 5.83. The normalized spacial score (nSPS) is 29.9. The molecule has 0 bridgehead atoms. The summed E-state index contributed by atoms with van der Waals surface area (Å²) in [6, 6.07) is 0. The Bertz CT molecular complexity index is 256. The Morgan fingerprint density at radius 1 is 1.35 bits per heavy atom. The molecule has 0 amide bonds. The van der Waals surface area contributed by atoms with Gasteiger partial charge in [-0.15, -0.1) is 0 Å². The number of hydrogen-bond donors (Lipinski definition) is 1. The maximum atomic E-state index is 11.9. The molecule has 1 atom stereocenters. The van der Waals surface area contributed by atoms with Crippen molar-refractivity contribution in [3.05, 3.63) is 0 Å². The minimum Gasteiger partial charge on any atom is -0.466 e. The summed E-state index contributed by atoms with van der Waals surface area (Å²) in [6.45, 7) is 8.59. The van der Waals surface area contributed by atoms with Crippen LogP contribution in [-0.2, 0) is 14.3 Å². The highest BCUT2D eigenvalue weighted by atomic mass is 16.5. The summed E-state index contributed by atoms with van der Waals surface area (Å²) in [4.78, 5) is 11.9. The molecule has 0 heterocycles. The maximum absolute atomic E-state index is 11.9. The van der Waals surface area contributed by atoms with Crippen molar-refractivity contribution in [2.75, 3.05) is 13.2 Å². The molecule has 0 spiro atoms. The summed E-state index contributed by atoms with van der Waals surface area (Å²) >= 11 is 0. The van der Waals surface area contributed by atoms with E-state index < -0.39 is 11.5 Å². The van der Waals surface area contributed by atoms with Gasteiger partial charge in [0.2, 0.25) is 0 Å². The molecule has 0 radical (unpaired) electrons. The zero-order valence-electron chi connectivity index (χ0n) is 11.2. The van der Waals surface area contributed by atoms with E-state index in [1.165, 1.54) is 0 Å². The molecule has 1 rings (SSSR count). The highest BCUT2D eigenvalue weighted by molar-refractivity contribution is 5.74. The third-order valence-electron chi connectivity index (χ3n) is 3.35. The number of carbonyl (C=O) groups is 1. The standard InChI is InChI=1S/C13H24O4/c1-5-16-10-7-13(15,8-10)11(9(3)4)12(14)17-6-2/h9-11,15H,5-8H2,1-4H3. The zero-order chi connectivity index (χ0) is 13.1. The van der Waals surface area contributed by atoms with E-state index in [4.69, 9.17) is 9.47 Å². The van der Waals surface area contributed by atoms with Crippen molar-refractivity contribution < 1.29 is 19.4 Å². The van der Waals surface area contributed by atoms with Gasteiger partial charge >= 0.3 is 5.97 Å². The molecule has 0 aromatic carbocycles. The van der Waals surface area contributed by atoms with Gasteiger partial charge in [0.25, 0.3) is 0 Å². The molecule has 4 heteroatoms. The fourth-order valence-electron chi connectivity index (χ4n) is 2.68. The molecule has 0 saturated heterocycles. The van der Waals surface area contributed by atoms with Gasteiger partial charge in [-0.2, -0.15) is 0 Å². The molecule has 100 valence electrons. The first-order valence-corrected chi connectivity index (χ1v) is 6.45. The van der Waals surface area contributed by atoms with Gasteiger partial charge in [-0.1, -0.05) is 13.8 Å². The van der Waals surface area contributed by atoms with Crippen LogP contribution >= 0.6 is 0 Å². The number of carbonyl (C=O) groups excluding carboxylic acids is 1. The van der Waals surface area contributed by atoms with E-state index in [1.807, 2.05) is 20.8 Å². The van der Waals surface area contributed by atoms with Crippen molar-refractivity contribution in [3.63, 3.8) is 0 Å². The molecule has 1 fully saturated rings. The molecule has 4 nitrogen and oxygen atoms in total. The second-order valence-electron chi connectivity index (χ2n) is 5.06. The van der Waals surface area contributed by atoms with E-state index in [9.17, 15) is 9.90 Å². The van der Waals surface area contributed by atoms with Crippen LogP contribution in [0.25, 0.3) is 0 Å². The van der Waals surface area contributed by atoms with Gasteiger partial charge in [-0.05, 0) is 19.8 Å². The van der Waals surface area contributed by atoms with Crippen LogP contribution in [0.4, 0.5) is 0 Å². The molecule has 1 aliphatic carbocycles. The number of esters is 1. The van der Waals surface area contributed by atoms with Crippen molar-refractivity contribution in [1.82, 2.24) is 0 Å². The molecule has 0 aliphatic heterocycles. The molecule has 1 saturated carbocycles. The van der Waals surface area contributed by atoms with Crippen LogP contribution in [-0.4, -0.2) is 36.0 Å². The lowest BCUT2D eigenvalue weighted by molar-refractivity contribution is -0.194. The molecule has 17 heavy (non-hydrogen) atoms. The van der Waals surface area contributed by atoms with E-state index in [2.05, 4.69) is 0 Å². The zero-order valence-corrected chi connectivity index (χ0v) is 11.2. The monoisotopic (exact) mass is 244 g/mol. The number of hydrogen-bond acceptors (Lipinski definition) is 4. The molecule has 0 aromatic rings. The SMILES string of the molecule is CCOC(=O)C(C(C)C)C1(O)CC(OCC)C1. The summed E-state index contributed by atoms with van der Waals surface area (Å²) in [5, 5.41) is 10.5. The van der Waals surface area contributed by atoms with Gasteiger partial charge in [0.15, 0.2) is 0 Å².